The average molecular weight is 656 g/mol. The molecule has 8 heteroatoms. The Morgan fingerprint density at radius 2 is 1.48 bits per heavy atom. The van der Waals surface area contributed by atoms with Gasteiger partial charge in [-0.2, -0.15) is 0 Å². The van der Waals surface area contributed by atoms with Crippen LogP contribution in [0.3, 0.4) is 0 Å². The molecule has 0 spiro atoms. The summed E-state index contributed by atoms with van der Waals surface area (Å²) >= 11 is 0. The Labute approximate surface area is 275 Å². The number of hydrogen-bond donors (Lipinski definition) is 1. The van der Waals surface area contributed by atoms with E-state index in [-0.39, 0.29) is 12.0 Å². The molecule has 0 heterocycles. The predicted molar refractivity (Wildman–Crippen MR) is 185 cm³/mol. The molecule has 46 heavy (non-hydrogen) atoms. The van der Waals surface area contributed by atoms with Crippen molar-refractivity contribution in [2.75, 3.05) is 13.3 Å². The Bertz CT molecular complexity index is 1780. The number of carboxylic acids is 1. The van der Waals surface area contributed by atoms with E-state index < -0.39 is 29.8 Å². The van der Waals surface area contributed by atoms with E-state index in [2.05, 4.69) is 10.5 Å². The second-order valence-corrected chi connectivity index (χ2v) is 15.5. The maximum atomic E-state index is 15.1. The number of halogens is 1. The van der Waals surface area contributed by atoms with E-state index in [0.29, 0.717) is 16.7 Å². The number of aryl methyl sites for hydroxylation is 3. The first-order valence-electron chi connectivity index (χ1n) is 15.1. The molecular formula is C38H41FO5PSi. The van der Waals surface area contributed by atoms with Crippen LogP contribution >= 0.6 is 7.37 Å². The van der Waals surface area contributed by atoms with Crippen molar-refractivity contribution >= 4 is 29.9 Å². The molecule has 4 rings (SSSR count). The molecule has 4 aromatic rings. The van der Waals surface area contributed by atoms with Crippen LogP contribution in [-0.4, -0.2) is 34.8 Å². The zero-order valence-corrected chi connectivity index (χ0v) is 29.3. The Morgan fingerprint density at radius 3 is 1.98 bits per heavy atom. The summed E-state index contributed by atoms with van der Waals surface area (Å²) in [5.74, 6) is 0.0318. The zero-order valence-electron chi connectivity index (χ0n) is 27.4. The molecule has 0 aliphatic rings. The molecule has 0 aliphatic heterocycles. The number of carboxylic acid groups (broad SMARTS) is 1. The van der Waals surface area contributed by atoms with E-state index in [1.54, 1.807) is 61.3 Å². The van der Waals surface area contributed by atoms with Crippen molar-refractivity contribution in [1.29, 1.82) is 0 Å². The Hall–Kier alpha value is -3.61. The lowest BCUT2D eigenvalue weighted by Gasteiger charge is -2.55. The number of rotatable bonds is 11. The van der Waals surface area contributed by atoms with E-state index in [1.807, 2.05) is 77.1 Å². The third-order valence-electron chi connectivity index (χ3n) is 9.02. The molecule has 0 bridgehead atoms. The van der Waals surface area contributed by atoms with Crippen molar-refractivity contribution in [2.45, 2.75) is 52.6 Å². The summed E-state index contributed by atoms with van der Waals surface area (Å²) in [5, 5.41) is 11.2. The Morgan fingerprint density at radius 1 is 0.891 bits per heavy atom. The minimum absolute atomic E-state index is 0.206. The summed E-state index contributed by atoms with van der Waals surface area (Å²) in [6.07, 6.45) is 1.58. The van der Waals surface area contributed by atoms with Gasteiger partial charge in [0.2, 0.25) is 17.9 Å². The average Bonchev–Trinajstić information content (AvgIpc) is 3.02. The Balaban J connectivity index is 2.01. The van der Waals surface area contributed by atoms with E-state index in [1.165, 1.54) is 13.2 Å². The first-order valence-corrected chi connectivity index (χ1v) is 17.3. The van der Waals surface area contributed by atoms with Crippen LogP contribution in [0.15, 0.2) is 96.8 Å². The van der Waals surface area contributed by atoms with Gasteiger partial charge in [-0.1, -0.05) is 105 Å². The van der Waals surface area contributed by atoms with Gasteiger partial charge in [-0.05, 0) is 83.3 Å². The highest BCUT2D eigenvalue weighted by atomic mass is 31.2. The molecule has 1 N–H and O–H groups in total. The number of aliphatic carboxylic acids is 1. The van der Waals surface area contributed by atoms with Gasteiger partial charge in [0.15, 0.2) is 5.60 Å². The van der Waals surface area contributed by atoms with Crippen molar-refractivity contribution in [2.24, 2.45) is 5.41 Å². The van der Waals surface area contributed by atoms with Gasteiger partial charge in [0.05, 0.1) is 5.41 Å². The highest BCUT2D eigenvalue weighted by Crippen LogP contribution is 2.64. The van der Waals surface area contributed by atoms with E-state index in [4.69, 9.17) is 8.95 Å². The lowest BCUT2D eigenvalue weighted by Crippen LogP contribution is -2.63. The third kappa shape index (κ3) is 6.34. The maximum absolute atomic E-state index is 15.1. The number of benzene rings is 4. The van der Waals surface area contributed by atoms with Crippen molar-refractivity contribution in [3.05, 3.63) is 136 Å². The fourth-order valence-electron chi connectivity index (χ4n) is 6.69. The minimum Gasteiger partial charge on any atom is -0.479 e. The molecule has 0 aliphatic carbocycles. The van der Waals surface area contributed by atoms with Gasteiger partial charge < -0.3 is 14.1 Å². The lowest BCUT2D eigenvalue weighted by atomic mass is 9.53. The van der Waals surface area contributed by atoms with Crippen molar-refractivity contribution in [3.63, 3.8) is 0 Å². The van der Waals surface area contributed by atoms with Crippen LogP contribution in [0.5, 0.6) is 0 Å². The van der Waals surface area contributed by atoms with Crippen LogP contribution in [-0.2, 0) is 29.3 Å². The monoisotopic (exact) mass is 655 g/mol. The SMILES string of the molecule is COP(=O)(C=Cc1c(C)cc(C)cc1-c1ccc(F)c(C)c1)CC(c1ccccc1)(C(C)(C)C)[C@](O[Si])(C(=O)O)c1ccccc1. The summed E-state index contributed by atoms with van der Waals surface area (Å²) in [7, 11) is 0.812. The van der Waals surface area contributed by atoms with E-state index >= 15 is 4.57 Å². The van der Waals surface area contributed by atoms with Gasteiger partial charge in [-0.3, -0.25) is 4.57 Å². The first kappa shape index (κ1) is 35.2. The highest BCUT2D eigenvalue weighted by Gasteiger charge is 2.66. The third-order valence-corrected chi connectivity index (χ3v) is 11.5. The fourth-order valence-corrected chi connectivity index (χ4v) is 9.34. The molecule has 0 amide bonds. The molecule has 5 nitrogen and oxygen atoms in total. The van der Waals surface area contributed by atoms with Gasteiger partial charge in [0, 0.05) is 19.1 Å². The quantitative estimate of drug-likeness (QED) is 0.129. The van der Waals surface area contributed by atoms with Gasteiger partial charge in [0.25, 0.3) is 0 Å². The maximum Gasteiger partial charge on any atom is 0.340 e. The lowest BCUT2D eigenvalue weighted by molar-refractivity contribution is -0.170. The predicted octanol–water partition coefficient (Wildman–Crippen LogP) is 9.38. The molecule has 3 atom stereocenters. The first-order chi connectivity index (χ1) is 21.7. The van der Waals surface area contributed by atoms with Crippen LogP contribution < -0.4 is 0 Å². The second kappa shape index (κ2) is 13.6. The van der Waals surface area contributed by atoms with Gasteiger partial charge in [-0.25, -0.2) is 9.18 Å². The van der Waals surface area contributed by atoms with Crippen molar-refractivity contribution < 1.29 is 27.8 Å². The fraction of sp³-hybridized carbons (Fsp3) is 0.289. The highest BCUT2D eigenvalue weighted by molar-refractivity contribution is 7.62. The molecule has 2 unspecified atom stereocenters. The molecule has 4 aromatic carbocycles. The molecule has 0 saturated heterocycles. The van der Waals surface area contributed by atoms with Gasteiger partial charge in [-0.15, -0.1) is 0 Å². The largest absolute Gasteiger partial charge is 0.479 e. The number of hydrogen-bond acceptors (Lipinski definition) is 4. The van der Waals surface area contributed by atoms with Gasteiger partial charge >= 0.3 is 5.97 Å². The molecule has 239 valence electrons. The normalized spacial score (nSPS) is 16.0. The summed E-state index contributed by atoms with van der Waals surface area (Å²) in [4.78, 5) is 13.7. The summed E-state index contributed by atoms with van der Waals surface area (Å²) in [6.45, 7) is 11.5. The van der Waals surface area contributed by atoms with Crippen LogP contribution in [0.25, 0.3) is 17.2 Å². The Kier molecular flexibility index (Phi) is 10.4. The van der Waals surface area contributed by atoms with E-state index in [9.17, 15) is 14.3 Å². The van der Waals surface area contributed by atoms with E-state index in [0.717, 1.165) is 27.8 Å². The summed E-state index contributed by atoms with van der Waals surface area (Å²) in [6, 6.07) is 27.0. The molecular weight excluding hydrogens is 614 g/mol. The molecule has 0 fully saturated rings. The topological polar surface area (TPSA) is 72.8 Å². The smallest absolute Gasteiger partial charge is 0.340 e. The van der Waals surface area contributed by atoms with Gasteiger partial charge in [0.1, 0.15) is 5.82 Å². The molecule has 0 aromatic heterocycles. The molecule has 3 radical (unpaired) electrons. The summed E-state index contributed by atoms with van der Waals surface area (Å²) in [5.41, 5.74) is 1.64. The molecule has 0 saturated carbocycles. The van der Waals surface area contributed by atoms with Crippen LogP contribution in [0.4, 0.5) is 4.39 Å². The van der Waals surface area contributed by atoms with Crippen LogP contribution in [0.2, 0.25) is 0 Å². The van der Waals surface area contributed by atoms with Crippen molar-refractivity contribution in [3.8, 4) is 11.1 Å². The summed E-state index contributed by atoms with van der Waals surface area (Å²) < 4.78 is 41.2. The zero-order chi connectivity index (χ0) is 33.9. The van der Waals surface area contributed by atoms with Crippen molar-refractivity contribution in [1.82, 2.24) is 0 Å². The number of carbonyl (C=O) groups is 1. The standard InChI is InChI=1S/C38H41FO5PSi/c1-26-22-27(2)32(33(23-26)29-18-19-34(39)28(3)24-29)20-21-45(42,43-7)25-37(36(4,5)6,30-14-10-8-11-15-30)38(44-46,35(40)41)31-16-12-9-13-17-31/h8-24H,25H2,1-7H3,(H,40,41)/t37?,38-,45?/m1/s1. The second-order valence-electron chi connectivity index (χ2n) is 12.9. The minimum atomic E-state index is -3.78. The van der Waals surface area contributed by atoms with Crippen LogP contribution in [0, 0.1) is 32.0 Å². The van der Waals surface area contributed by atoms with Crippen LogP contribution in [0.1, 0.15) is 54.2 Å².